The van der Waals surface area contributed by atoms with Crippen LogP contribution in [0.5, 0.6) is 0 Å². The molecule has 0 radical (unpaired) electrons. The number of hydrogen-bond acceptors (Lipinski definition) is 5. The van der Waals surface area contributed by atoms with Gasteiger partial charge in [-0.05, 0) is 31.5 Å². The van der Waals surface area contributed by atoms with Crippen LogP contribution in [-0.4, -0.2) is 19.7 Å². The van der Waals surface area contributed by atoms with Crippen molar-refractivity contribution in [3.05, 3.63) is 35.9 Å². The van der Waals surface area contributed by atoms with Gasteiger partial charge in [-0.2, -0.15) is 0 Å². The maximum absolute atomic E-state index is 4.56. The van der Waals surface area contributed by atoms with Gasteiger partial charge in [-0.15, -0.1) is 10.2 Å². The van der Waals surface area contributed by atoms with Crippen LogP contribution in [0, 0.1) is 6.92 Å². The Morgan fingerprint density at radius 1 is 1.37 bits per heavy atom. The molecule has 0 atom stereocenters. The topological polar surface area (TPSA) is 55.6 Å². The third kappa shape index (κ3) is 2.44. The number of aromatic nitrogens is 4. The number of fused-ring (bicyclic) bond motifs is 1. The van der Waals surface area contributed by atoms with Gasteiger partial charge >= 0.3 is 0 Å². The molecule has 6 heteroatoms. The first-order valence-corrected chi connectivity index (χ1v) is 7.05. The summed E-state index contributed by atoms with van der Waals surface area (Å²) in [4.78, 5) is 4.56. The molecule has 2 aromatic heterocycles. The molecule has 0 saturated carbocycles. The van der Waals surface area contributed by atoms with Gasteiger partial charge in [0.1, 0.15) is 6.33 Å². The van der Waals surface area contributed by atoms with Crippen LogP contribution in [-0.2, 0) is 13.1 Å². The fraction of sp³-hybridized carbons (Fsp3) is 0.308. The molecule has 0 aliphatic carbocycles. The Morgan fingerprint density at radius 3 is 3.11 bits per heavy atom. The summed E-state index contributed by atoms with van der Waals surface area (Å²) >= 11 is 1.67. The van der Waals surface area contributed by atoms with Crippen LogP contribution in [0.2, 0.25) is 0 Å². The molecule has 0 aliphatic heterocycles. The van der Waals surface area contributed by atoms with Gasteiger partial charge in [0.15, 0.2) is 11.0 Å². The molecule has 0 saturated heterocycles. The zero-order valence-electron chi connectivity index (χ0n) is 10.9. The van der Waals surface area contributed by atoms with Crippen molar-refractivity contribution in [2.24, 2.45) is 0 Å². The standard InChI is InChI=1S/C13H15N5S/c1-3-18-8-15-17-12(18)7-14-13-16-10-5-4-9(2)6-11(10)19-13/h4-6,8H,3,7H2,1-2H3,(H,14,16). The summed E-state index contributed by atoms with van der Waals surface area (Å²) in [6.45, 7) is 5.69. The lowest BCUT2D eigenvalue weighted by Crippen LogP contribution is -2.07. The summed E-state index contributed by atoms with van der Waals surface area (Å²) < 4.78 is 3.23. The second-order valence-corrected chi connectivity index (χ2v) is 5.41. The highest BCUT2D eigenvalue weighted by atomic mass is 32.1. The molecule has 5 nitrogen and oxygen atoms in total. The molecular weight excluding hydrogens is 258 g/mol. The molecule has 2 heterocycles. The Morgan fingerprint density at radius 2 is 2.26 bits per heavy atom. The summed E-state index contributed by atoms with van der Waals surface area (Å²) in [6.07, 6.45) is 1.75. The van der Waals surface area contributed by atoms with Gasteiger partial charge < -0.3 is 9.88 Å². The molecule has 3 aromatic rings. The van der Waals surface area contributed by atoms with E-state index >= 15 is 0 Å². The first-order valence-electron chi connectivity index (χ1n) is 6.24. The van der Waals surface area contributed by atoms with Gasteiger partial charge in [0, 0.05) is 6.54 Å². The molecule has 0 fully saturated rings. The molecule has 1 N–H and O–H groups in total. The fourth-order valence-corrected chi connectivity index (χ4v) is 2.90. The van der Waals surface area contributed by atoms with E-state index in [1.54, 1.807) is 17.7 Å². The van der Waals surface area contributed by atoms with Crippen molar-refractivity contribution < 1.29 is 0 Å². The van der Waals surface area contributed by atoms with Gasteiger partial charge in [-0.3, -0.25) is 0 Å². The van der Waals surface area contributed by atoms with E-state index in [-0.39, 0.29) is 0 Å². The number of hydrogen-bond donors (Lipinski definition) is 1. The maximum Gasteiger partial charge on any atom is 0.184 e. The molecule has 0 unspecified atom stereocenters. The number of anilines is 1. The van der Waals surface area contributed by atoms with Crippen LogP contribution in [0.3, 0.4) is 0 Å². The van der Waals surface area contributed by atoms with Gasteiger partial charge in [-0.25, -0.2) is 4.98 Å². The Balaban J connectivity index is 1.78. The van der Waals surface area contributed by atoms with Crippen LogP contribution < -0.4 is 5.32 Å². The second-order valence-electron chi connectivity index (χ2n) is 4.38. The highest BCUT2D eigenvalue weighted by Crippen LogP contribution is 2.26. The van der Waals surface area contributed by atoms with Crippen molar-refractivity contribution in [2.45, 2.75) is 26.9 Å². The fourth-order valence-electron chi connectivity index (χ4n) is 1.94. The molecule has 0 bridgehead atoms. The van der Waals surface area contributed by atoms with Crippen LogP contribution in [0.15, 0.2) is 24.5 Å². The Kier molecular flexibility index (Phi) is 3.16. The molecule has 0 aliphatic rings. The second kappa shape index (κ2) is 4.97. The van der Waals surface area contributed by atoms with E-state index in [4.69, 9.17) is 0 Å². The normalized spacial score (nSPS) is 11.1. The number of thiazole rings is 1. The molecular formula is C13H15N5S. The number of rotatable bonds is 4. The highest BCUT2D eigenvalue weighted by molar-refractivity contribution is 7.22. The van der Waals surface area contributed by atoms with E-state index in [0.717, 1.165) is 23.0 Å². The van der Waals surface area contributed by atoms with Crippen molar-refractivity contribution in [2.75, 3.05) is 5.32 Å². The average Bonchev–Trinajstić information content (AvgIpc) is 3.01. The van der Waals surface area contributed by atoms with E-state index in [2.05, 4.69) is 52.5 Å². The van der Waals surface area contributed by atoms with Crippen LogP contribution in [0.1, 0.15) is 18.3 Å². The lowest BCUT2D eigenvalue weighted by molar-refractivity contribution is 0.708. The minimum Gasteiger partial charge on any atom is -0.354 e. The van der Waals surface area contributed by atoms with Crippen molar-refractivity contribution >= 4 is 26.7 Å². The number of benzene rings is 1. The molecule has 0 spiro atoms. The largest absolute Gasteiger partial charge is 0.354 e. The third-order valence-corrected chi connectivity index (χ3v) is 3.95. The van der Waals surface area contributed by atoms with E-state index in [9.17, 15) is 0 Å². The van der Waals surface area contributed by atoms with E-state index in [1.807, 2.05) is 4.57 Å². The maximum atomic E-state index is 4.56. The lowest BCUT2D eigenvalue weighted by Gasteiger charge is -2.03. The monoisotopic (exact) mass is 273 g/mol. The molecule has 19 heavy (non-hydrogen) atoms. The summed E-state index contributed by atoms with van der Waals surface area (Å²) in [5.74, 6) is 0.929. The van der Waals surface area contributed by atoms with Gasteiger partial charge in [0.05, 0.1) is 16.8 Å². The van der Waals surface area contributed by atoms with Crippen LogP contribution in [0.25, 0.3) is 10.2 Å². The molecule has 98 valence electrons. The minimum absolute atomic E-state index is 0.645. The predicted octanol–water partition coefficient (Wildman–Crippen LogP) is 2.83. The van der Waals surface area contributed by atoms with E-state index in [1.165, 1.54) is 10.3 Å². The zero-order chi connectivity index (χ0) is 13.2. The zero-order valence-corrected chi connectivity index (χ0v) is 11.7. The highest BCUT2D eigenvalue weighted by Gasteiger charge is 2.06. The first kappa shape index (κ1) is 12.1. The summed E-state index contributed by atoms with van der Waals surface area (Å²) in [6, 6.07) is 6.30. The number of aryl methyl sites for hydroxylation is 2. The Labute approximate surface area is 115 Å². The summed E-state index contributed by atoms with van der Waals surface area (Å²) in [7, 11) is 0. The van der Waals surface area contributed by atoms with Gasteiger partial charge in [0.2, 0.25) is 0 Å². The van der Waals surface area contributed by atoms with Crippen molar-refractivity contribution in [1.29, 1.82) is 0 Å². The van der Waals surface area contributed by atoms with Gasteiger partial charge in [-0.1, -0.05) is 17.4 Å². The molecule has 1 aromatic carbocycles. The SMILES string of the molecule is CCn1cnnc1CNc1nc2ccc(C)cc2s1. The number of nitrogens with zero attached hydrogens (tertiary/aromatic N) is 4. The van der Waals surface area contributed by atoms with Crippen LogP contribution >= 0.6 is 11.3 Å². The smallest absolute Gasteiger partial charge is 0.184 e. The molecule has 0 amide bonds. The van der Waals surface area contributed by atoms with Crippen molar-refractivity contribution in [3.63, 3.8) is 0 Å². The Hall–Kier alpha value is -1.95. The Bertz CT molecular complexity index is 700. The molecule has 3 rings (SSSR count). The number of nitrogens with one attached hydrogen (secondary N) is 1. The van der Waals surface area contributed by atoms with Crippen molar-refractivity contribution in [3.8, 4) is 0 Å². The quantitative estimate of drug-likeness (QED) is 0.794. The van der Waals surface area contributed by atoms with Crippen molar-refractivity contribution in [1.82, 2.24) is 19.7 Å². The van der Waals surface area contributed by atoms with E-state index in [0.29, 0.717) is 6.54 Å². The van der Waals surface area contributed by atoms with Gasteiger partial charge in [0.25, 0.3) is 0 Å². The predicted molar refractivity (Wildman–Crippen MR) is 77.4 cm³/mol. The lowest BCUT2D eigenvalue weighted by atomic mass is 10.2. The minimum atomic E-state index is 0.645. The van der Waals surface area contributed by atoms with Crippen LogP contribution in [0.4, 0.5) is 5.13 Å². The first-order chi connectivity index (χ1) is 9.26. The van der Waals surface area contributed by atoms with E-state index < -0.39 is 0 Å². The summed E-state index contributed by atoms with van der Waals surface area (Å²) in [5, 5.41) is 12.3. The average molecular weight is 273 g/mol. The summed E-state index contributed by atoms with van der Waals surface area (Å²) in [5.41, 5.74) is 2.29. The third-order valence-electron chi connectivity index (χ3n) is 2.98.